The molecular formula is C11H14ClN. The van der Waals surface area contributed by atoms with Crippen molar-refractivity contribution in [3.63, 3.8) is 0 Å². The molecule has 1 nitrogen and oxygen atoms in total. The first-order chi connectivity index (χ1) is 6.27. The normalized spacial score (nSPS) is 19.5. The summed E-state index contributed by atoms with van der Waals surface area (Å²) >= 11 is 5.97. The largest absolute Gasteiger partial charge is 0.315 e. The highest BCUT2D eigenvalue weighted by molar-refractivity contribution is 6.30. The highest BCUT2D eigenvalue weighted by Gasteiger charge is 2.36. The van der Waals surface area contributed by atoms with E-state index in [1.54, 1.807) is 0 Å². The summed E-state index contributed by atoms with van der Waals surface area (Å²) < 4.78 is 0. The Morgan fingerprint density at radius 3 is 2.69 bits per heavy atom. The van der Waals surface area contributed by atoms with Gasteiger partial charge in [0.2, 0.25) is 0 Å². The molecule has 1 aliphatic heterocycles. The predicted molar refractivity (Wildman–Crippen MR) is 56.3 cm³/mol. The zero-order valence-electron chi connectivity index (χ0n) is 7.81. The summed E-state index contributed by atoms with van der Waals surface area (Å²) in [5.41, 5.74) is 1.73. The summed E-state index contributed by atoms with van der Waals surface area (Å²) in [6, 6.07) is 8.23. The first-order valence-electron chi connectivity index (χ1n) is 4.74. The van der Waals surface area contributed by atoms with Gasteiger partial charge in [0, 0.05) is 23.5 Å². The van der Waals surface area contributed by atoms with Crippen LogP contribution in [0.25, 0.3) is 0 Å². The van der Waals surface area contributed by atoms with Gasteiger partial charge in [-0.3, -0.25) is 0 Å². The number of rotatable bonds is 2. The van der Waals surface area contributed by atoms with Crippen molar-refractivity contribution >= 4 is 11.6 Å². The molecule has 0 atom stereocenters. The third-order valence-electron chi connectivity index (χ3n) is 3.04. The van der Waals surface area contributed by atoms with Crippen LogP contribution in [0.5, 0.6) is 0 Å². The maximum Gasteiger partial charge on any atom is 0.0408 e. The van der Waals surface area contributed by atoms with Crippen molar-refractivity contribution in [1.82, 2.24) is 5.32 Å². The zero-order valence-corrected chi connectivity index (χ0v) is 8.56. The topological polar surface area (TPSA) is 12.0 Å². The highest BCUT2D eigenvalue weighted by Crippen LogP contribution is 2.32. The van der Waals surface area contributed by atoms with Crippen molar-refractivity contribution < 1.29 is 0 Å². The van der Waals surface area contributed by atoms with E-state index in [0.29, 0.717) is 5.41 Å². The molecule has 70 valence electrons. The minimum atomic E-state index is 0.352. The lowest BCUT2D eigenvalue weighted by Crippen LogP contribution is -2.56. The molecule has 1 saturated heterocycles. The van der Waals surface area contributed by atoms with Crippen LogP contribution in [0.15, 0.2) is 24.3 Å². The summed E-state index contributed by atoms with van der Waals surface area (Å²) in [7, 11) is 0. The number of halogens is 1. The van der Waals surface area contributed by atoms with Gasteiger partial charge in [-0.25, -0.2) is 0 Å². The van der Waals surface area contributed by atoms with E-state index >= 15 is 0 Å². The molecule has 1 heterocycles. The van der Waals surface area contributed by atoms with E-state index in [-0.39, 0.29) is 0 Å². The van der Waals surface area contributed by atoms with Crippen molar-refractivity contribution in [1.29, 1.82) is 0 Å². The molecule has 0 amide bonds. The predicted octanol–water partition coefficient (Wildman–Crippen LogP) is 2.59. The van der Waals surface area contributed by atoms with Crippen molar-refractivity contribution in [3.8, 4) is 0 Å². The summed E-state index contributed by atoms with van der Waals surface area (Å²) in [4.78, 5) is 0. The van der Waals surface area contributed by atoms with Crippen LogP contribution in [0.3, 0.4) is 0 Å². The van der Waals surface area contributed by atoms with Gasteiger partial charge in [0.15, 0.2) is 0 Å². The lowest BCUT2D eigenvalue weighted by atomic mass is 9.73. The number of benzene rings is 1. The molecule has 0 radical (unpaired) electrons. The average molecular weight is 196 g/mol. The Morgan fingerprint density at radius 1 is 1.46 bits per heavy atom. The number of hydrogen-bond acceptors (Lipinski definition) is 1. The highest BCUT2D eigenvalue weighted by atomic mass is 35.5. The van der Waals surface area contributed by atoms with Crippen molar-refractivity contribution in [3.05, 3.63) is 34.9 Å². The van der Waals surface area contributed by atoms with Gasteiger partial charge in [0.05, 0.1) is 0 Å². The fourth-order valence-corrected chi connectivity index (χ4v) is 2.09. The molecule has 0 saturated carbocycles. The van der Waals surface area contributed by atoms with Crippen molar-refractivity contribution in [2.45, 2.75) is 18.8 Å². The summed E-state index contributed by atoms with van der Waals surface area (Å²) in [6.45, 7) is 4.41. The van der Waals surface area contributed by atoms with Gasteiger partial charge >= 0.3 is 0 Å². The zero-order chi connectivity index (χ0) is 9.31. The van der Waals surface area contributed by atoms with E-state index in [4.69, 9.17) is 11.6 Å². The Balaban J connectivity index is 2.33. The van der Waals surface area contributed by atoms with Crippen LogP contribution in [0.2, 0.25) is 5.02 Å². The van der Waals surface area contributed by atoms with Crippen LogP contribution in [-0.2, 0) is 5.41 Å². The Kier molecular flexibility index (Phi) is 2.31. The Hall–Kier alpha value is -0.530. The molecule has 1 aromatic carbocycles. The van der Waals surface area contributed by atoms with E-state index in [1.807, 2.05) is 12.1 Å². The first kappa shape index (κ1) is 9.04. The monoisotopic (exact) mass is 195 g/mol. The average Bonchev–Trinajstić information content (AvgIpc) is 2.03. The molecule has 2 rings (SSSR count). The standard InChI is InChI=1S/C11H14ClN/c1-2-11(7-13-8-11)9-4-3-5-10(12)6-9/h3-6,13H,2,7-8H2,1H3. The van der Waals surface area contributed by atoms with Gasteiger partial charge in [-0.1, -0.05) is 30.7 Å². The fourth-order valence-electron chi connectivity index (χ4n) is 1.90. The minimum absolute atomic E-state index is 0.352. The van der Waals surface area contributed by atoms with Crippen LogP contribution in [0, 0.1) is 0 Å². The van der Waals surface area contributed by atoms with Crippen LogP contribution in [-0.4, -0.2) is 13.1 Å². The minimum Gasteiger partial charge on any atom is -0.315 e. The van der Waals surface area contributed by atoms with Gasteiger partial charge in [0.1, 0.15) is 0 Å². The van der Waals surface area contributed by atoms with Crippen LogP contribution >= 0.6 is 11.6 Å². The molecule has 0 aromatic heterocycles. The van der Waals surface area contributed by atoms with E-state index in [1.165, 1.54) is 12.0 Å². The molecule has 1 N–H and O–H groups in total. The molecule has 1 aromatic rings. The summed E-state index contributed by atoms with van der Waals surface area (Å²) in [5.74, 6) is 0. The van der Waals surface area contributed by atoms with Crippen LogP contribution in [0.4, 0.5) is 0 Å². The van der Waals surface area contributed by atoms with Gasteiger partial charge in [-0.2, -0.15) is 0 Å². The van der Waals surface area contributed by atoms with Gasteiger partial charge in [-0.05, 0) is 24.1 Å². The molecule has 0 spiro atoms. The molecule has 0 unspecified atom stereocenters. The Labute approximate surface area is 84.1 Å². The SMILES string of the molecule is CCC1(c2cccc(Cl)c2)CNC1. The lowest BCUT2D eigenvalue weighted by Gasteiger charge is -2.42. The van der Waals surface area contributed by atoms with Crippen molar-refractivity contribution in [2.75, 3.05) is 13.1 Å². The second-order valence-electron chi connectivity index (χ2n) is 3.75. The fraction of sp³-hybridized carbons (Fsp3) is 0.455. The molecule has 1 aliphatic rings. The second-order valence-corrected chi connectivity index (χ2v) is 4.18. The van der Waals surface area contributed by atoms with Crippen LogP contribution < -0.4 is 5.32 Å². The van der Waals surface area contributed by atoms with E-state index in [9.17, 15) is 0 Å². The maximum absolute atomic E-state index is 5.97. The molecular weight excluding hydrogens is 182 g/mol. The quantitative estimate of drug-likeness (QED) is 0.765. The van der Waals surface area contributed by atoms with Gasteiger partial charge in [-0.15, -0.1) is 0 Å². The molecule has 2 heteroatoms. The third-order valence-corrected chi connectivity index (χ3v) is 3.28. The lowest BCUT2D eigenvalue weighted by molar-refractivity contribution is 0.267. The number of nitrogens with one attached hydrogen (secondary N) is 1. The molecule has 0 bridgehead atoms. The summed E-state index contributed by atoms with van der Waals surface area (Å²) in [5, 5.41) is 4.17. The van der Waals surface area contributed by atoms with E-state index < -0.39 is 0 Å². The van der Waals surface area contributed by atoms with Crippen molar-refractivity contribution in [2.24, 2.45) is 0 Å². The number of hydrogen-bond donors (Lipinski definition) is 1. The third kappa shape index (κ3) is 1.47. The summed E-state index contributed by atoms with van der Waals surface area (Å²) in [6.07, 6.45) is 1.18. The second kappa shape index (κ2) is 3.32. The van der Waals surface area contributed by atoms with Gasteiger partial charge < -0.3 is 5.32 Å². The van der Waals surface area contributed by atoms with E-state index in [0.717, 1.165) is 18.1 Å². The Bertz CT molecular complexity index is 299. The van der Waals surface area contributed by atoms with E-state index in [2.05, 4.69) is 24.4 Å². The molecule has 0 aliphatic carbocycles. The van der Waals surface area contributed by atoms with Crippen LogP contribution in [0.1, 0.15) is 18.9 Å². The Morgan fingerprint density at radius 2 is 2.23 bits per heavy atom. The smallest absolute Gasteiger partial charge is 0.0408 e. The molecule has 1 fully saturated rings. The van der Waals surface area contributed by atoms with Gasteiger partial charge in [0.25, 0.3) is 0 Å². The molecule has 13 heavy (non-hydrogen) atoms. The maximum atomic E-state index is 5.97. The first-order valence-corrected chi connectivity index (χ1v) is 5.11.